The lowest BCUT2D eigenvalue weighted by molar-refractivity contribution is 0.198. The fourth-order valence-electron chi connectivity index (χ4n) is 1.35. The number of likely N-dealkylation sites (tertiary alicyclic amines) is 1. The molecule has 2 amide bonds. The quantitative estimate of drug-likeness (QED) is 0.727. The van der Waals surface area contributed by atoms with Crippen LogP contribution in [0.1, 0.15) is 27.2 Å². The summed E-state index contributed by atoms with van der Waals surface area (Å²) < 4.78 is 12.8. The molecule has 0 aliphatic carbocycles. The second-order valence-electron chi connectivity index (χ2n) is 4.31. The van der Waals surface area contributed by atoms with Crippen LogP contribution in [0.2, 0.25) is 0 Å². The molecule has 4 heteroatoms. The summed E-state index contributed by atoms with van der Waals surface area (Å²) in [5.74, 6) is 0.405. The number of hydrogen-bond donors (Lipinski definition) is 1. The van der Waals surface area contributed by atoms with Crippen molar-refractivity contribution in [3.05, 3.63) is 0 Å². The Morgan fingerprint density at radius 2 is 2.14 bits per heavy atom. The number of halogens is 1. The summed E-state index contributed by atoms with van der Waals surface area (Å²) in [6.07, 6.45) is -0.362. The molecule has 2 atom stereocenters. The van der Waals surface area contributed by atoms with Crippen molar-refractivity contribution >= 4 is 6.03 Å². The molecule has 0 bridgehead atoms. The zero-order valence-electron chi connectivity index (χ0n) is 9.09. The summed E-state index contributed by atoms with van der Waals surface area (Å²) in [4.78, 5) is 13.1. The number of hydrogen-bond acceptors (Lipinski definition) is 1. The van der Waals surface area contributed by atoms with E-state index in [0.717, 1.165) is 0 Å². The molecule has 0 aromatic heterocycles. The van der Waals surface area contributed by atoms with Gasteiger partial charge in [-0.3, -0.25) is 0 Å². The van der Waals surface area contributed by atoms with E-state index in [-0.39, 0.29) is 18.6 Å². The van der Waals surface area contributed by atoms with Crippen molar-refractivity contribution < 1.29 is 9.18 Å². The Morgan fingerprint density at radius 1 is 1.50 bits per heavy atom. The van der Waals surface area contributed by atoms with Gasteiger partial charge in [-0.05, 0) is 19.3 Å². The zero-order valence-corrected chi connectivity index (χ0v) is 9.09. The van der Waals surface area contributed by atoms with Crippen LogP contribution in [0.4, 0.5) is 9.18 Å². The first-order valence-corrected chi connectivity index (χ1v) is 5.20. The lowest BCUT2D eigenvalue weighted by Crippen LogP contribution is -2.44. The van der Waals surface area contributed by atoms with Crippen LogP contribution in [0.5, 0.6) is 0 Å². The summed E-state index contributed by atoms with van der Waals surface area (Å²) in [6.45, 7) is 6.85. The summed E-state index contributed by atoms with van der Waals surface area (Å²) in [5.41, 5.74) is 0. The smallest absolute Gasteiger partial charge is 0.317 e. The van der Waals surface area contributed by atoms with E-state index in [1.54, 1.807) is 4.90 Å². The normalized spacial score (nSPS) is 24.1. The first-order valence-electron chi connectivity index (χ1n) is 5.20. The number of amides is 2. The third kappa shape index (κ3) is 2.86. The van der Waals surface area contributed by atoms with Crippen LogP contribution >= 0.6 is 0 Å². The summed E-state index contributed by atoms with van der Waals surface area (Å²) in [5, 5.41) is 2.86. The molecule has 0 spiro atoms. The van der Waals surface area contributed by atoms with E-state index in [2.05, 4.69) is 5.32 Å². The minimum Gasteiger partial charge on any atom is -0.335 e. The standard InChI is InChI=1S/C10H19FN2O/c1-7(2)8(3)12-10(14)13-5-4-9(11)6-13/h7-9H,4-6H2,1-3H3,(H,12,14)/t8-,9+/m1/s1. The monoisotopic (exact) mass is 202 g/mol. The van der Waals surface area contributed by atoms with Crippen LogP contribution < -0.4 is 5.32 Å². The van der Waals surface area contributed by atoms with E-state index in [1.807, 2.05) is 20.8 Å². The van der Waals surface area contributed by atoms with Crippen molar-refractivity contribution in [3.63, 3.8) is 0 Å². The molecule has 1 aliphatic heterocycles. The van der Waals surface area contributed by atoms with Gasteiger partial charge in [-0.2, -0.15) is 0 Å². The highest BCUT2D eigenvalue weighted by atomic mass is 19.1. The van der Waals surface area contributed by atoms with Gasteiger partial charge in [-0.1, -0.05) is 13.8 Å². The molecule has 14 heavy (non-hydrogen) atoms. The minimum absolute atomic E-state index is 0.133. The van der Waals surface area contributed by atoms with Crippen LogP contribution in [0.25, 0.3) is 0 Å². The van der Waals surface area contributed by atoms with E-state index < -0.39 is 6.17 Å². The van der Waals surface area contributed by atoms with E-state index in [9.17, 15) is 9.18 Å². The van der Waals surface area contributed by atoms with Crippen LogP contribution in [-0.4, -0.2) is 36.2 Å². The van der Waals surface area contributed by atoms with Gasteiger partial charge in [0.15, 0.2) is 0 Å². The largest absolute Gasteiger partial charge is 0.335 e. The Labute approximate surface area is 84.7 Å². The van der Waals surface area contributed by atoms with Crippen molar-refractivity contribution in [2.24, 2.45) is 5.92 Å². The Kier molecular flexibility index (Phi) is 3.72. The van der Waals surface area contributed by atoms with Crippen molar-refractivity contribution in [1.82, 2.24) is 10.2 Å². The van der Waals surface area contributed by atoms with Gasteiger partial charge in [0.2, 0.25) is 0 Å². The highest BCUT2D eigenvalue weighted by Crippen LogP contribution is 2.12. The molecule has 1 fully saturated rings. The van der Waals surface area contributed by atoms with Gasteiger partial charge in [0.25, 0.3) is 0 Å². The SMILES string of the molecule is CC(C)[C@@H](C)NC(=O)N1CC[C@H](F)C1. The molecule has 3 nitrogen and oxygen atoms in total. The number of nitrogens with one attached hydrogen (secondary N) is 1. The lowest BCUT2D eigenvalue weighted by Gasteiger charge is -2.22. The molecule has 0 unspecified atom stereocenters. The molecular formula is C10H19FN2O. The molecule has 0 saturated carbocycles. The van der Waals surface area contributed by atoms with Gasteiger partial charge in [-0.25, -0.2) is 9.18 Å². The molecule has 1 rings (SSSR count). The van der Waals surface area contributed by atoms with Crippen molar-refractivity contribution in [3.8, 4) is 0 Å². The number of carbonyl (C=O) groups is 1. The summed E-state index contributed by atoms with van der Waals surface area (Å²) in [6, 6.07) is 0.00695. The lowest BCUT2D eigenvalue weighted by atomic mass is 10.1. The van der Waals surface area contributed by atoms with Crippen molar-refractivity contribution in [2.45, 2.75) is 39.4 Å². The van der Waals surface area contributed by atoms with Gasteiger partial charge in [0.05, 0.1) is 6.54 Å². The predicted octanol–water partition coefficient (Wildman–Crippen LogP) is 1.78. The number of rotatable bonds is 2. The maximum Gasteiger partial charge on any atom is 0.317 e. The first kappa shape index (κ1) is 11.3. The molecule has 1 saturated heterocycles. The average molecular weight is 202 g/mol. The van der Waals surface area contributed by atoms with E-state index in [0.29, 0.717) is 18.9 Å². The highest BCUT2D eigenvalue weighted by molar-refractivity contribution is 5.74. The molecule has 1 N–H and O–H groups in total. The van der Waals surface area contributed by atoms with Gasteiger partial charge >= 0.3 is 6.03 Å². The fraction of sp³-hybridized carbons (Fsp3) is 0.900. The second kappa shape index (κ2) is 4.62. The van der Waals surface area contributed by atoms with Gasteiger partial charge in [0, 0.05) is 12.6 Å². The molecular weight excluding hydrogens is 183 g/mol. The fourth-order valence-corrected chi connectivity index (χ4v) is 1.35. The minimum atomic E-state index is -0.838. The third-order valence-corrected chi connectivity index (χ3v) is 2.77. The maximum atomic E-state index is 12.8. The van der Waals surface area contributed by atoms with E-state index in [1.165, 1.54) is 0 Å². The van der Waals surface area contributed by atoms with Crippen LogP contribution in [-0.2, 0) is 0 Å². The van der Waals surface area contributed by atoms with Crippen molar-refractivity contribution in [2.75, 3.05) is 13.1 Å². The number of nitrogens with zero attached hydrogens (tertiary/aromatic N) is 1. The summed E-state index contributed by atoms with van der Waals surface area (Å²) >= 11 is 0. The second-order valence-corrected chi connectivity index (χ2v) is 4.31. The third-order valence-electron chi connectivity index (χ3n) is 2.77. The molecule has 0 aromatic rings. The first-order chi connectivity index (χ1) is 6.50. The highest BCUT2D eigenvalue weighted by Gasteiger charge is 2.26. The van der Waals surface area contributed by atoms with E-state index in [4.69, 9.17) is 0 Å². The molecule has 1 heterocycles. The Bertz CT molecular complexity index is 208. The number of carbonyl (C=O) groups excluding carboxylic acids is 1. The van der Waals surface area contributed by atoms with Crippen LogP contribution in [0.3, 0.4) is 0 Å². The van der Waals surface area contributed by atoms with Crippen LogP contribution in [0, 0.1) is 5.92 Å². The molecule has 0 radical (unpaired) electrons. The predicted molar refractivity (Wildman–Crippen MR) is 53.9 cm³/mol. The Hall–Kier alpha value is -0.800. The van der Waals surface area contributed by atoms with Gasteiger partial charge in [-0.15, -0.1) is 0 Å². The van der Waals surface area contributed by atoms with Gasteiger partial charge < -0.3 is 10.2 Å². The van der Waals surface area contributed by atoms with Crippen molar-refractivity contribution in [1.29, 1.82) is 0 Å². The number of alkyl halides is 1. The van der Waals surface area contributed by atoms with Gasteiger partial charge in [0.1, 0.15) is 6.17 Å². The van der Waals surface area contributed by atoms with Crippen LogP contribution in [0.15, 0.2) is 0 Å². The number of urea groups is 1. The molecule has 82 valence electrons. The topological polar surface area (TPSA) is 32.3 Å². The average Bonchev–Trinajstić information content (AvgIpc) is 2.51. The molecule has 1 aliphatic rings. The Balaban J connectivity index is 2.35. The zero-order chi connectivity index (χ0) is 10.7. The summed E-state index contributed by atoms with van der Waals surface area (Å²) in [7, 11) is 0. The Morgan fingerprint density at radius 3 is 2.57 bits per heavy atom. The maximum absolute atomic E-state index is 12.8. The molecule has 0 aromatic carbocycles. The van der Waals surface area contributed by atoms with E-state index >= 15 is 0 Å².